The number of aromatic nitrogens is 1. The molecule has 3 heteroatoms. The normalized spacial score (nSPS) is 7.79. The molecule has 3 nitrogen and oxygen atoms in total. The molecule has 1 rings (SSSR count). The van der Waals surface area contributed by atoms with Crippen LogP contribution in [0.25, 0.3) is 0 Å². The van der Waals surface area contributed by atoms with Gasteiger partial charge in [-0.1, -0.05) is 33.8 Å². The Bertz CT molecular complexity index is 211. The first-order valence-corrected chi connectivity index (χ1v) is 5.19. The Morgan fingerprint density at radius 2 is 1.79 bits per heavy atom. The molecule has 1 aromatic rings. The average molecular weight is 197 g/mol. The van der Waals surface area contributed by atoms with Crippen LogP contribution in [0.2, 0.25) is 0 Å². The Hall–Kier alpha value is -1.09. The van der Waals surface area contributed by atoms with Crippen LogP contribution >= 0.6 is 0 Å². The first-order valence-electron chi connectivity index (χ1n) is 5.19. The first kappa shape index (κ1) is 15.4. The summed E-state index contributed by atoms with van der Waals surface area (Å²) in [5, 5.41) is 2.99. The van der Waals surface area contributed by atoms with Crippen LogP contribution in [0, 0.1) is 0 Å². The summed E-state index contributed by atoms with van der Waals surface area (Å²) in [6.07, 6.45) is 0. The standard InChI is InChI=1S/C7H11N3.2C2H6/c1-9-5-6-3-2-4-7(8)10-6;2*1-2/h2-4,9H,5H2,1H3,(H2,8,10);2*1-2H3. The van der Waals surface area contributed by atoms with Crippen LogP contribution in [0.15, 0.2) is 18.2 Å². The zero-order chi connectivity index (χ0) is 11.4. The van der Waals surface area contributed by atoms with Crippen molar-refractivity contribution in [2.24, 2.45) is 0 Å². The zero-order valence-corrected chi connectivity index (χ0v) is 9.96. The van der Waals surface area contributed by atoms with Gasteiger partial charge in [0.05, 0.1) is 5.69 Å². The van der Waals surface area contributed by atoms with Crippen molar-refractivity contribution in [2.75, 3.05) is 12.8 Å². The van der Waals surface area contributed by atoms with Crippen molar-refractivity contribution in [2.45, 2.75) is 34.2 Å². The summed E-state index contributed by atoms with van der Waals surface area (Å²) < 4.78 is 0. The van der Waals surface area contributed by atoms with E-state index in [1.165, 1.54) is 0 Å². The van der Waals surface area contributed by atoms with E-state index in [0.29, 0.717) is 5.82 Å². The van der Waals surface area contributed by atoms with Crippen molar-refractivity contribution in [3.63, 3.8) is 0 Å². The molecule has 1 aromatic heterocycles. The number of hydrogen-bond acceptors (Lipinski definition) is 3. The Kier molecular flexibility index (Phi) is 13.1. The third-order valence-corrected chi connectivity index (χ3v) is 1.19. The van der Waals surface area contributed by atoms with Gasteiger partial charge >= 0.3 is 0 Å². The summed E-state index contributed by atoms with van der Waals surface area (Å²) >= 11 is 0. The lowest BCUT2D eigenvalue weighted by atomic mass is 10.3. The lowest BCUT2D eigenvalue weighted by molar-refractivity contribution is 0.793. The van der Waals surface area contributed by atoms with Gasteiger partial charge in [0.2, 0.25) is 0 Å². The van der Waals surface area contributed by atoms with E-state index in [1.807, 2.05) is 46.9 Å². The van der Waals surface area contributed by atoms with E-state index in [4.69, 9.17) is 5.73 Å². The van der Waals surface area contributed by atoms with Crippen LogP contribution in [0.3, 0.4) is 0 Å². The predicted octanol–water partition coefficient (Wildman–Crippen LogP) is 2.44. The molecule has 0 atom stereocenters. The van der Waals surface area contributed by atoms with Crippen LogP contribution in [0.1, 0.15) is 33.4 Å². The molecule has 0 amide bonds. The molecular formula is C11H23N3. The maximum atomic E-state index is 5.45. The van der Waals surface area contributed by atoms with E-state index in [2.05, 4.69) is 10.3 Å². The molecule has 82 valence electrons. The van der Waals surface area contributed by atoms with Crippen molar-refractivity contribution in [3.05, 3.63) is 23.9 Å². The minimum atomic E-state index is 0.577. The van der Waals surface area contributed by atoms with Crippen LogP contribution < -0.4 is 11.1 Å². The van der Waals surface area contributed by atoms with Crippen molar-refractivity contribution in [3.8, 4) is 0 Å². The average Bonchev–Trinajstić information content (AvgIpc) is 2.24. The van der Waals surface area contributed by atoms with Crippen molar-refractivity contribution >= 4 is 5.82 Å². The number of nitrogen functional groups attached to an aromatic ring is 1. The summed E-state index contributed by atoms with van der Waals surface area (Å²) in [4.78, 5) is 4.08. The SMILES string of the molecule is CC.CC.CNCc1cccc(N)n1. The van der Waals surface area contributed by atoms with Crippen LogP contribution in [-0.4, -0.2) is 12.0 Å². The highest BCUT2D eigenvalue weighted by atomic mass is 14.9. The number of nitrogens with two attached hydrogens (primary N) is 1. The lowest BCUT2D eigenvalue weighted by Crippen LogP contribution is -2.07. The maximum absolute atomic E-state index is 5.45. The van der Waals surface area contributed by atoms with Gasteiger partial charge in [-0.05, 0) is 19.2 Å². The van der Waals surface area contributed by atoms with Crippen LogP contribution in [0.4, 0.5) is 5.82 Å². The van der Waals surface area contributed by atoms with E-state index in [0.717, 1.165) is 12.2 Å². The largest absolute Gasteiger partial charge is 0.384 e. The smallest absolute Gasteiger partial charge is 0.123 e. The fourth-order valence-corrected chi connectivity index (χ4v) is 0.778. The Balaban J connectivity index is 0. The molecule has 0 radical (unpaired) electrons. The monoisotopic (exact) mass is 197 g/mol. The van der Waals surface area contributed by atoms with Crippen molar-refractivity contribution < 1.29 is 0 Å². The highest BCUT2D eigenvalue weighted by Gasteiger charge is 1.90. The van der Waals surface area contributed by atoms with Gasteiger partial charge in [0.25, 0.3) is 0 Å². The second kappa shape index (κ2) is 11.9. The van der Waals surface area contributed by atoms with Gasteiger partial charge in [-0.15, -0.1) is 0 Å². The Morgan fingerprint density at radius 3 is 2.21 bits per heavy atom. The molecule has 0 aliphatic rings. The minimum Gasteiger partial charge on any atom is -0.384 e. The molecule has 0 saturated heterocycles. The third kappa shape index (κ3) is 7.55. The topological polar surface area (TPSA) is 50.9 Å². The molecule has 0 spiro atoms. The van der Waals surface area contributed by atoms with E-state index in [1.54, 1.807) is 6.07 Å². The Morgan fingerprint density at radius 1 is 1.21 bits per heavy atom. The van der Waals surface area contributed by atoms with Crippen molar-refractivity contribution in [1.82, 2.24) is 10.3 Å². The summed E-state index contributed by atoms with van der Waals surface area (Å²) in [6.45, 7) is 8.77. The minimum absolute atomic E-state index is 0.577. The molecule has 0 aromatic carbocycles. The molecule has 3 N–H and O–H groups in total. The van der Waals surface area contributed by atoms with Gasteiger partial charge in [0, 0.05) is 6.54 Å². The molecule has 0 unspecified atom stereocenters. The zero-order valence-electron chi connectivity index (χ0n) is 9.96. The number of pyridine rings is 1. The van der Waals surface area contributed by atoms with E-state index in [-0.39, 0.29) is 0 Å². The molecule has 0 aliphatic carbocycles. The van der Waals surface area contributed by atoms with Gasteiger partial charge in [-0.2, -0.15) is 0 Å². The quantitative estimate of drug-likeness (QED) is 0.765. The molecule has 0 saturated carbocycles. The molecule has 0 fully saturated rings. The van der Waals surface area contributed by atoms with E-state index < -0.39 is 0 Å². The second-order valence-corrected chi connectivity index (χ2v) is 2.08. The van der Waals surface area contributed by atoms with Gasteiger partial charge in [0.1, 0.15) is 5.82 Å². The highest BCUT2D eigenvalue weighted by Crippen LogP contribution is 1.98. The highest BCUT2D eigenvalue weighted by molar-refractivity contribution is 5.28. The number of nitrogens with zero attached hydrogens (tertiary/aromatic N) is 1. The van der Waals surface area contributed by atoms with E-state index >= 15 is 0 Å². The summed E-state index contributed by atoms with van der Waals surface area (Å²) in [5.74, 6) is 0.577. The molecule has 0 bridgehead atoms. The van der Waals surface area contributed by atoms with Gasteiger partial charge in [-0.3, -0.25) is 0 Å². The number of anilines is 1. The summed E-state index contributed by atoms with van der Waals surface area (Å²) in [6, 6.07) is 5.61. The maximum Gasteiger partial charge on any atom is 0.123 e. The summed E-state index contributed by atoms with van der Waals surface area (Å²) in [5.41, 5.74) is 6.42. The van der Waals surface area contributed by atoms with E-state index in [9.17, 15) is 0 Å². The van der Waals surface area contributed by atoms with Gasteiger partial charge in [0.15, 0.2) is 0 Å². The molecule has 14 heavy (non-hydrogen) atoms. The van der Waals surface area contributed by atoms with Crippen LogP contribution in [0.5, 0.6) is 0 Å². The van der Waals surface area contributed by atoms with Crippen molar-refractivity contribution in [1.29, 1.82) is 0 Å². The molecule has 1 heterocycles. The predicted molar refractivity (Wildman–Crippen MR) is 64.1 cm³/mol. The fraction of sp³-hybridized carbons (Fsp3) is 0.545. The van der Waals surface area contributed by atoms with Crippen LogP contribution in [-0.2, 0) is 6.54 Å². The first-order chi connectivity index (χ1) is 6.83. The number of nitrogens with one attached hydrogen (secondary N) is 1. The number of rotatable bonds is 2. The molecular weight excluding hydrogens is 174 g/mol. The summed E-state index contributed by atoms with van der Waals surface area (Å²) in [7, 11) is 1.88. The number of hydrogen-bond donors (Lipinski definition) is 2. The fourth-order valence-electron chi connectivity index (χ4n) is 0.778. The van der Waals surface area contributed by atoms with Gasteiger partial charge < -0.3 is 11.1 Å². The Labute approximate surface area is 87.7 Å². The second-order valence-electron chi connectivity index (χ2n) is 2.08. The molecule has 0 aliphatic heterocycles. The third-order valence-electron chi connectivity index (χ3n) is 1.19. The van der Waals surface area contributed by atoms with Gasteiger partial charge in [-0.25, -0.2) is 4.98 Å². The lowest BCUT2D eigenvalue weighted by Gasteiger charge is -1.98.